The second kappa shape index (κ2) is 9.60. The molecule has 4 amide bonds. The Morgan fingerprint density at radius 1 is 1.03 bits per heavy atom. The number of aryl methyl sites for hydroxylation is 1. The molecule has 0 aromatic heterocycles. The van der Waals surface area contributed by atoms with E-state index in [0.29, 0.717) is 34.2 Å². The normalized spacial score (nSPS) is 15.1. The molecule has 1 N–H and O–H groups in total. The SMILES string of the molecule is Cc1ccc(Cl)cc1N1C(=O)NC(=O)/C(=C\c2ccc(OCc3ccccc3Br)cc2)C1=O. The van der Waals surface area contributed by atoms with Crippen molar-refractivity contribution in [2.24, 2.45) is 0 Å². The lowest BCUT2D eigenvalue weighted by atomic mass is 10.1. The Labute approximate surface area is 203 Å². The maximum atomic E-state index is 13.1. The van der Waals surface area contributed by atoms with Gasteiger partial charge >= 0.3 is 6.03 Å². The van der Waals surface area contributed by atoms with Gasteiger partial charge in [0.2, 0.25) is 0 Å². The maximum Gasteiger partial charge on any atom is 0.335 e. The van der Waals surface area contributed by atoms with Crippen molar-refractivity contribution in [3.05, 3.63) is 98.5 Å². The lowest BCUT2D eigenvalue weighted by molar-refractivity contribution is -0.122. The summed E-state index contributed by atoms with van der Waals surface area (Å²) < 4.78 is 6.77. The fourth-order valence-corrected chi connectivity index (χ4v) is 3.87. The second-order valence-corrected chi connectivity index (χ2v) is 8.63. The molecule has 1 saturated heterocycles. The number of imide groups is 2. The van der Waals surface area contributed by atoms with E-state index in [2.05, 4.69) is 21.2 Å². The first-order chi connectivity index (χ1) is 15.8. The average Bonchev–Trinajstić information content (AvgIpc) is 2.79. The van der Waals surface area contributed by atoms with Gasteiger partial charge in [0.15, 0.2) is 0 Å². The molecule has 3 aromatic carbocycles. The fourth-order valence-electron chi connectivity index (χ4n) is 3.30. The third-order valence-corrected chi connectivity index (χ3v) is 6.07. The van der Waals surface area contributed by atoms with E-state index in [-0.39, 0.29) is 5.57 Å². The first kappa shape index (κ1) is 22.8. The molecule has 0 spiro atoms. The number of hydrogen-bond donors (Lipinski definition) is 1. The largest absolute Gasteiger partial charge is 0.489 e. The summed E-state index contributed by atoms with van der Waals surface area (Å²) in [5, 5.41) is 2.59. The van der Waals surface area contributed by atoms with Crippen LogP contribution in [0.1, 0.15) is 16.7 Å². The highest BCUT2D eigenvalue weighted by molar-refractivity contribution is 9.10. The van der Waals surface area contributed by atoms with Gasteiger partial charge in [-0.25, -0.2) is 9.69 Å². The molecule has 0 radical (unpaired) electrons. The smallest absolute Gasteiger partial charge is 0.335 e. The van der Waals surface area contributed by atoms with E-state index in [1.54, 1.807) is 43.3 Å². The van der Waals surface area contributed by atoms with Gasteiger partial charge in [-0.05, 0) is 54.5 Å². The number of halogens is 2. The molecule has 0 aliphatic carbocycles. The minimum absolute atomic E-state index is 0.157. The molecule has 0 unspecified atom stereocenters. The zero-order valence-corrected chi connectivity index (χ0v) is 19.8. The number of barbiturate groups is 1. The zero-order valence-electron chi connectivity index (χ0n) is 17.5. The molecule has 1 aliphatic rings. The van der Waals surface area contributed by atoms with Crippen LogP contribution >= 0.6 is 27.5 Å². The molecular weight excluding hydrogens is 508 g/mol. The van der Waals surface area contributed by atoms with E-state index >= 15 is 0 Å². The quantitative estimate of drug-likeness (QED) is 0.345. The Kier molecular flexibility index (Phi) is 6.62. The molecule has 0 atom stereocenters. The van der Waals surface area contributed by atoms with Crippen LogP contribution in [0.4, 0.5) is 10.5 Å². The molecule has 8 heteroatoms. The van der Waals surface area contributed by atoms with Crippen molar-refractivity contribution in [1.29, 1.82) is 0 Å². The molecule has 6 nitrogen and oxygen atoms in total. The number of anilines is 1. The lowest BCUT2D eigenvalue weighted by Crippen LogP contribution is -2.54. The van der Waals surface area contributed by atoms with Crippen molar-refractivity contribution >= 4 is 57.1 Å². The predicted octanol–water partition coefficient (Wildman–Crippen LogP) is 5.66. The van der Waals surface area contributed by atoms with Crippen molar-refractivity contribution in [1.82, 2.24) is 5.32 Å². The van der Waals surface area contributed by atoms with Crippen LogP contribution in [0.5, 0.6) is 5.75 Å². The first-order valence-corrected chi connectivity index (χ1v) is 11.1. The first-order valence-electron chi connectivity index (χ1n) is 9.97. The van der Waals surface area contributed by atoms with Crippen LogP contribution in [0.2, 0.25) is 5.02 Å². The van der Waals surface area contributed by atoms with E-state index < -0.39 is 17.8 Å². The van der Waals surface area contributed by atoms with Crippen molar-refractivity contribution in [3.63, 3.8) is 0 Å². The summed E-state index contributed by atoms with van der Waals surface area (Å²) in [7, 11) is 0. The standard InChI is InChI=1S/C25H18BrClN2O4/c1-15-6-9-18(27)13-22(15)29-24(31)20(23(30)28-25(29)32)12-16-7-10-19(11-8-16)33-14-17-4-2-3-5-21(17)26/h2-13H,14H2,1H3,(H,28,30,32)/b20-12+. The van der Waals surface area contributed by atoms with Gasteiger partial charge in [0.1, 0.15) is 17.9 Å². The number of rotatable bonds is 5. The Balaban J connectivity index is 1.55. The van der Waals surface area contributed by atoms with Crippen LogP contribution in [-0.4, -0.2) is 17.8 Å². The van der Waals surface area contributed by atoms with E-state index in [1.807, 2.05) is 24.3 Å². The van der Waals surface area contributed by atoms with E-state index in [1.165, 1.54) is 12.1 Å². The highest BCUT2D eigenvalue weighted by Gasteiger charge is 2.37. The van der Waals surface area contributed by atoms with Crippen LogP contribution in [0.15, 0.2) is 76.8 Å². The minimum atomic E-state index is -0.816. The number of urea groups is 1. The van der Waals surface area contributed by atoms with Gasteiger partial charge in [0, 0.05) is 15.1 Å². The Hall–Kier alpha value is -3.42. The van der Waals surface area contributed by atoms with Crippen molar-refractivity contribution in [3.8, 4) is 5.75 Å². The number of carbonyl (C=O) groups is 3. The van der Waals surface area contributed by atoms with Crippen LogP contribution in [0, 0.1) is 6.92 Å². The van der Waals surface area contributed by atoms with Gasteiger partial charge < -0.3 is 4.74 Å². The molecular formula is C25H18BrClN2O4. The third-order valence-electron chi connectivity index (χ3n) is 5.06. The molecule has 1 aliphatic heterocycles. The molecule has 1 fully saturated rings. The number of nitrogens with one attached hydrogen (secondary N) is 1. The highest BCUT2D eigenvalue weighted by Crippen LogP contribution is 2.28. The van der Waals surface area contributed by atoms with E-state index in [4.69, 9.17) is 16.3 Å². The number of ether oxygens (including phenoxy) is 1. The number of hydrogen-bond acceptors (Lipinski definition) is 4. The lowest BCUT2D eigenvalue weighted by Gasteiger charge is -2.27. The molecule has 0 saturated carbocycles. The van der Waals surface area contributed by atoms with Crippen LogP contribution in [-0.2, 0) is 16.2 Å². The van der Waals surface area contributed by atoms with Gasteiger partial charge in [-0.2, -0.15) is 0 Å². The Bertz CT molecular complexity index is 1290. The summed E-state index contributed by atoms with van der Waals surface area (Å²) in [6.07, 6.45) is 1.44. The third kappa shape index (κ3) is 4.99. The van der Waals surface area contributed by atoms with Crippen LogP contribution < -0.4 is 15.0 Å². The van der Waals surface area contributed by atoms with Crippen LogP contribution in [0.3, 0.4) is 0 Å². The van der Waals surface area contributed by atoms with Gasteiger partial charge in [0.25, 0.3) is 11.8 Å². The monoisotopic (exact) mass is 524 g/mol. The zero-order chi connectivity index (χ0) is 23.5. The van der Waals surface area contributed by atoms with Crippen molar-refractivity contribution < 1.29 is 19.1 Å². The van der Waals surface area contributed by atoms with Gasteiger partial charge in [-0.3, -0.25) is 14.9 Å². The van der Waals surface area contributed by atoms with Gasteiger partial charge in [-0.15, -0.1) is 0 Å². The molecule has 1 heterocycles. The summed E-state index contributed by atoms with van der Waals surface area (Å²) in [6, 6.07) is 18.8. The molecule has 166 valence electrons. The topological polar surface area (TPSA) is 75.7 Å². The summed E-state index contributed by atoms with van der Waals surface area (Å²) in [5.41, 5.74) is 2.45. The van der Waals surface area contributed by atoms with Crippen molar-refractivity contribution in [2.75, 3.05) is 4.90 Å². The summed E-state index contributed by atoms with van der Waals surface area (Å²) in [6.45, 7) is 2.14. The average molecular weight is 526 g/mol. The number of benzene rings is 3. The van der Waals surface area contributed by atoms with Crippen molar-refractivity contribution in [2.45, 2.75) is 13.5 Å². The predicted molar refractivity (Wildman–Crippen MR) is 130 cm³/mol. The summed E-state index contributed by atoms with van der Waals surface area (Å²) in [5.74, 6) is -0.836. The Morgan fingerprint density at radius 3 is 2.48 bits per heavy atom. The minimum Gasteiger partial charge on any atom is -0.489 e. The number of carbonyl (C=O) groups excluding carboxylic acids is 3. The molecule has 4 rings (SSSR count). The number of nitrogens with zero attached hydrogens (tertiary/aromatic N) is 1. The second-order valence-electron chi connectivity index (χ2n) is 7.34. The maximum absolute atomic E-state index is 13.1. The highest BCUT2D eigenvalue weighted by atomic mass is 79.9. The molecule has 33 heavy (non-hydrogen) atoms. The number of amides is 4. The molecule has 0 bridgehead atoms. The Morgan fingerprint density at radius 2 is 1.76 bits per heavy atom. The van der Waals surface area contributed by atoms with Gasteiger partial charge in [0.05, 0.1) is 5.69 Å². The van der Waals surface area contributed by atoms with Crippen LogP contribution in [0.25, 0.3) is 6.08 Å². The summed E-state index contributed by atoms with van der Waals surface area (Å²) >= 11 is 9.54. The van der Waals surface area contributed by atoms with E-state index in [0.717, 1.165) is 14.9 Å². The van der Waals surface area contributed by atoms with Gasteiger partial charge in [-0.1, -0.05) is 63.9 Å². The fraction of sp³-hybridized carbons (Fsp3) is 0.0800. The van der Waals surface area contributed by atoms with E-state index in [9.17, 15) is 14.4 Å². The molecule has 3 aromatic rings. The summed E-state index contributed by atoms with van der Waals surface area (Å²) in [4.78, 5) is 38.8.